The van der Waals surface area contributed by atoms with Gasteiger partial charge in [0.05, 0.1) is 25.4 Å². The maximum absolute atomic E-state index is 8.77. The van der Waals surface area contributed by atoms with Gasteiger partial charge in [0.1, 0.15) is 0 Å². The van der Waals surface area contributed by atoms with Gasteiger partial charge in [0.2, 0.25) is 0 Å². The molecule has 0 aliphatic carbocycles. The average molecular weight is 237 g/mol. The summed E-state index contributed by atoms with van der Waals surface area (Å²) >= 11 is 0. The lowest BCUT2D eigenvalue weighted by molar-refractivity contribution is 0.269. The molecule has 0 saturated heterocycles. The summed E-state index contributed by atoms with van der Waals surface area (Å²) in [6, 6.07) is 0.0231. The molecule has 0 spiro atoms. The Morgan fingerprint density at radius 3 is 3.18 bits per heavy atom. The SMILES string of the molecule is CC(NCc1cnn(CCO)c1)c1nn[nH]n1. The summed E-state index contributed by atoms with van der Waals surface area (Å²) < 4.78 is 1.70. The van der Waals surface area contributed by atoms with Crippen LogP contribution in [0.15, 0.2) is 12.4 Å². The fourth-order valence-corrected chi connectivity index (χ4v) is 1.44. The third-order valence-electron chi connectivity index (χ3n) is 2.38. The Morgan fingerprint density at radius 2 is 2.47 bits per heavy atom. The van der Waals surface area contributed by atoms with Gasteiger partial charge in [0, 0.05) is 18.3 Å². The highest BCUT2D eigenvalue weighted by Crippen LogP contribution is 2.05. The van der Waals surface area contributed by atoms with Crippen molar-refractivity contribution in [1.82, 2.24) is 35.7 Å². The number of nitrogens with one attached hydrogen (secondary N) is 2. The van der Waals surface area contributed by atoms with Crippen LogP contribution in [0.3, 0.4) is 0 Å². The molecule has 0 aliphatic rings. The Morgan fingerprint density at radius 1 is 1.59 bits per heavy atom. The number of nitrogens with zero attached hydrogens (tertiary/aromatic N) is 5. The van der Waals surface area contributed by atoms with Gasteiger partial charge in [-0.25, -0.2) is 0 Å². The molecule has 1 unspecified atom stereocenters. The second-order valence-corrected chi connectivity index (χ2v) is 3.71. The van der Waals surface area contributed by atoms with Crippen LogP contribution in [0, 0.1) is 0 Å². The highest BCUT2D eigenvalue weighted by molar-refractivity contribution is 5.04. The molecule has 8 nitrogen and oxygen atoms in total. The first-order valence-electron chi connectivity index (χ1n) is 5.38. The zero-order chi connectivity index (χ0) is 12.1. The van der Waals surface area contributed by atoms with Crippen molar-refractivity contribution in [2.75, 3.05) is 6.61 Å². The monoisotopic (exact) mass is 237 g/mol. The minimum absolute atomic E-state index is 0.0231. The van der Waals surface area contributed by atoms with E-state index >= 15 is 0 Å². The molecule has 0 aliphatic heterocycles. The smallest absolute Gasteiger partial charge is 0.191 e. The Bertz CT molecular complexity index is 438. The molecule has 17 heavy (non-hydrogen) atoms. The van der Waals surface area contributed by atoms with Gasteiger partial charge in [0.25, 0.3) is 0 Å². The van der Waals surface area contributed by atoms with Crippen LogP contribution in [0.4, 0.5) is 0 Å². The molecule has 0 saturated carbocycles. The van der Waals surface area contributed by atoms with Crippen LogP contribution in [0.1, 0.15) is 24.4 Å². The van der Waals surface area contributed by atoms with E-state index in [2.05, 4.69) is 31.0 Å². The normalized spacial score (nSPS) is 12.8. The van der Waals surface area contributed by atoms with E-state index in [9.17, 15) is 0 Å². The van der Waals surface area contributed by atoms with Gasteiger partial charge in [-0.15, -0.1) is 10.2 Å². The van der Waals surface area contributed by atoms with Crippen molar-refractivity contribution in [3.63, 3.8) is 0 Å². The van der Waals surface area contributed by atoms with E-state index in [-0.39, 0.29) is 12.6 Å². The Kier molecular flexibility index (Phi) is 3.78. The number of H-pyrrole nitrogens is 1. The number of hydrogen-bond acceptors (Lipinski definition) is 6. The van der Waals surface area contributed by atoms with Crippen molar-refractivity contribution in [2.24, 2.45) is 0 Å². The lowest BCUT2D eigenvalue weighted by Gasteiger charge is -2.07. The van der Waals surface area contributed by atoms with Gasteiger partial charge in [-0.3, -0.25) is 4.68 Å². The van der Waals surface area contributed by atoms with Gasteiger partial charge in [-0.2, -0.15) is 10.3 Å². The molecule has 1 atom stereocenters. The lowest BCUT2D eigenvalue weighted by atomic mass is 10.3. The van der Waals surface area contributed by atoms with E-state index in [0.29, 0.717) is 18.9 Å². The van der Waals surface area contributed by atoms with E-state index in [1.165, 1.54) is 0 Å². The number of rotatable bonds is 6. The molecule has 0 radical (unpaired) electrons. The number of aromatic amines is 1. The summed E-state index contributed by atoms with van der Waals surface area (Å²) in [5.74, 6) is 0.632. The maximum atomic E-state index is 8.77. The molecular formula is C9H15N7O. The van der Waals surface area contributed by atoms with Crippen LogP contribution in [-0.2, 0) is 13.1 Å². The third-order valence-corrected chi connectivity index (χ3v) is 2.38. The van der Waals surface area contributed by atoms with Crippen LogP contribution in [0.5, 0.6) is 0 Å². The minimum Gasteiger partial charge on any atom is -0.394 e. The highest BCUT2D eigenvalue weighted by atomic mass is 16.3. The standard InChI is InChI=1S/C9H15N7O/c1-7(9-12-14-15-13-9)10-4-8-5-11-16(6-8)2-3-17/h5-7,10,17H,2-4H2,1H3,(H,12,13,14,15). The fourth-order valence-electron chi connectivity index (χ4n) is 1.44. The van der Waals surface area contributed by atoms with E-state index < -0.39 is 0 Å². The van der Waals surface area contributed by atoms with Crippen LogP contribution in [-0.4, -0.2) is 42.1 Å². The highest BCUT2D eigenvalue weighted by Gasteiger charge is 2.09. The number of aromatic nitrogens is 6. The maximum Gasteiger partial charge on any atom is 0.191 e. The third kappa shape index (κ3) is 3.08. The Hall–Kier alpha value is -1.80. The predicted octanol–water partition coefficient (Wildman–Crippen LogP) is -0.761. The molecule has 0 amide bonds. The fraction of sp³-hybridized carbons (Fsp3) is 0.556. The van der Waals surface area contributed by atoms with Crippen molar-refractivity contribution in [1.29, 1.82) is 0 Å². The van der Waals surface area contributed by atoms with Gasteiger partial charge < -0.3 is 10.4 Å². The molecule has 0 bridgehead atoms. The summed E-state index contributed by atoms with van der Waals surface area (Å²) in [6.45, 7) is 3.23. The molecule has 2 aromatic heterocycles. The van der Waals surface area contributed by atoms with E-state index in [4.69, 9.17) is 5.11 Å². The number of aliphatic hydroxyl groups is 1. The van der Waals surface area contributed by atoms with Crippen LogP contribution >= 0.6 is 0 Å². The first kappa shape index (κ1) is 11.7. The molecule has 3 N–H and O–H groups in total. The summed E-state index contributed by atoms with van der Waals surface area (Å²) in [7, 11) is 0. The van der Waals surface area contributed by atoms with E-state index in [0.717, 1.165) is 5.56 Å². The number of tetrazole rings is 1. The van der Waals surface area contributed by atoms with Crippen LogP contribution in [0.2, 0.25) is 0 Å². The Labute approximate surface area is 98.0 Å². The van der Waals surface area contributed by atoms with Gasteiger partial charge in [-0.1, -0.05) is 5.21 Å². The van der Waals surface area contributed by atoms with Crippen molar-refractivity contribution >= 4 is 0 Å². The lowest BCUT2D eigenvalue weighted by Crippen LogP contribution is -2.19. The summed E-state index contributed by atoms with van der Waals surface area (Å²) in [5, 5.41) is 29.9. The van der Waals surface area contributed by atoms with Crippen molar-refractivity contribution in [3.8, 4) is 0 Å². The van der Waals surface area contributed by atoms with Crippen molar-refractivity contribution < 1.29 is 5.11 Å². The van der Waals surface area contributed by atoms with Crippen molar-refractivity contribution in [3.05, 3.63) is 23.8 Å². The van der Waals surface area contributed by atoms with E-state index in [1.807, 2.05) is 13.1 Å². The largest absolute Gasteiger partial charge is 0.394 e. The molecule has 0 fully saturated rings. The topological polar surface area (TPSA) is 105 Å². The second kappa shape index (κ2) is 5.51. The molecule has 8 heteroatoms. The average Bonchev–Trinajstić information content (AvgIpc) is 2.97. The zero-order valence-corrected chi connectivity index (χ0v) is 9.54. The summed E-state index contributed by atoms with van der Waals surface area (Å²) in [6.07, 6.45) is 3.66. The van der Waals surface area contributed by atoms with Gasteiger partial charge >= 0.3 is 0 Å². The summed E-state index contributed by atoms with van der Waals surface area (Å²) in [5.41, 5.74) is 1.05. The molecule has 2 aromatic rings. The molecule has 2 heterocycles. The molecule has 92 valence electrons. The van der Waals surface area contributed by atoms with Gasteiger partial charge in [-0.05, 0) is 6.92 Å². The zero-order valence-electron chi connectivity index (χ0n) is 9.54. The predicted molar refractivity (Wildman–Crippen MR) is 58.7 cm³/mol. The number of aliphatic hydroxyl groups excluding tert-OH is 1. The van der Waals surface area contributed by atoms with Gasteiger partial charge in [0.15, 0.2) is 5.82 Å². The molecule has 2 rings (SSSR count). The molecular weight excluding hydrogens is 222 g/mol. The quantitative estimate of drug-likeness (QED) is 0.610. The first-order chi connectivity index (χ1) is 8.29. The number of hydrogen-bond donors (Lipinski definition) is 3. The second-order valence-electron chi connectivity index (χ2n) is 3.71. The summed E-state index contributed by atoms with van der Waals surface area (Å²) in [4.78, 5) is 0. The van der Waals surface area contributed by atoms with Crippen LogP contribution in [0.25, 0.3) is 0 Å². The van der Waals surface area contributed by atoms with Crippen molar-refractivity contribution in [2.45, 2.75) is 26.1 Å². The Balaban J connectivity index is 1.84. The van der Waals surface area contributed by atoms with Crippen LogP contribution < -0.4 is 5.32 Å². The minimum atomic E-state index is 0.0231. The first-order valence-corrected chi connectivity index (χ1v) is 5.38. The van der Waals surface area contributed by atoms with E-state index in [1.54, 1.807) is 10.9 Å². The molecule has 0 aromatic carbocycles.